The summed E-state index contributed by atoms with van der Waals surface area (Å²) in [6.07, 6.45) is 0.598. The fourth-order valence-electron chi connectivity index (χ4n) is 3.13. The van der Waals surface area contributed by atoms with Crippen LogP contribution in [0, 0.1) is 5.82 Å². The molecule has 27 heavy (non-hydrogen) atoms. The number of rotatable bonds is 6. The number of fused-ring (bicyclic) bond motifs is 1. The van der Waals surface area contributed by atoms with Crippen molar-refractivity contribution >= 4 is 16.8 Å². The number of benzene rings is 2. The van der Waals surface area contributed by atoms with Crippen LogP contribution in [0.15, 0.2) is 59.4 Å². The van der Waals surface area contributed by atoms with Crippen molar-refractivity contribution in [1.82, 2.24) is 9.88 Å². The minimum absolute atomic E-state index is 0.00690. The lowest BCUT2D eigenvalue weighted by molar-refractivity contribution is -0.133. The Hall–Kier alpha value is -2.95. The molecule has 0 atom stereocenters. The van der Waals surface area contributed by atoms with Gasteiger partial charge in [0.1, 0.15) is 5.82 Å². The number of amides is 1. The minimum Gasteiger partial charge on any atom is -0.336 e. The Balaban J connectivity index is 1.73. The summed E-state index contributed by atoms with van der Waals surface area (Å²) in [5.74, 6) is -0.387. The number of hydrogen-bond donors (Lipinski definition) is 1. The van der Waals surface area contributed by atoms with E-state index in [0.29, 0.717) is 24.0 Å². The number of hydrogen-bond acceptors (Lipinski definition) is 2. The van der Waals surface area contributed by atoms with E-state index in [2.05, 4.69) is 4.98 Å². The summed E-state index contributed by atoms with van der Waals surface area (Å²) in [6.45, 7) is 4.52. The van der Waals surface area contributed by atoms with Gasteiger partial charge in [0.2, 0.25) is 5.91 Å². The van der Waals surface area contributed by atoms with E-state index >= 15 is 0 Å². The molecule has 3 rings (SSSR count). The molecule has 1 heterocycles. The Morgan fingerprint density at radius 1 is 1.11 bits per heavy atom. The molecule has 2 aromatic carbocycles. The van der Waals surface area contributed by atoms with Gasteiger partial charge in [0, 0.05) is 24.6 Å². The molecule has 5 heteroatoms. The van der Waals surface area contributed by atoms with Gasteiger partial charge in [0.05, 0.1) is 5.52 Å². The van der Waals surface area contributed by atoms with Gasteiger partial charge >= 0.3 is 0 Å². The van der Waals surface area contributed by atoms with Crippen LogP contribution < -0.4 is 5.56 Å². The average Bonchev–Trinajstić information content (AvgIpc) is 2.64. The van der Waals surface area contributed by atoms with Gasteiger partial charge < -0.3 is 9.88 Å². The second-order valence-electron chi connectivity index (χ2n) is 6.96. The zero-order valence-electron chi connectivity index (χ0n) is 15.5. The summed E-state index contributed by atoms with van der Waals surface area (Å²) in [4.78, 5) is 29.5. The number of aromatic amines is 1. The van der Waals surface area contributed by atoms with Crippen LogP contribution in [0.1, 0.15) is 31.4 Å². The highest BCUT2D eigenvalue weighted by Crippen LogP contribution is 2.15. The van der Waals surface area contributed by atoms with Gasteiger partial charge in [-0.15, -0.1) is 0 Å². The summed E-state index contributed by atoms with van der Waals surface area (Å²) in [6, 6.07) is 15.9. The minimum atomic E-state index is -0.394. The average molecular weight is 366 g/mol. The predicted molar refractivity (Wildman–Crippen MR) is 105 cm³/mol. The molecule has 140 valence electrons. The molecule has 1 aromatic heterocycles. The van der Waals surface area contributed by atoms with Crippen molar-refractivity contribution in [1.29, 1.82) is 0 Å². The highest BCUT2D eigenvalue weighted by atomic mass is 19.1. The number of nitrogens with zero attached hydrogens (tertiary/aromatic N) is 1. The highest BCUT2D eigenvalue weighted by Gasteiger charge is 2.18. The number of carbonyl (C=O) groups excluding carboxylic acids is 1. The van der Waals surface area contributed by atoms with Gasteiger partial charge in [-0.05, 0) is 55.5 Å². The topological polar surface area (TPSA) is 53.2 Å². The third kappa shape index (κ3) is 4.61. The molecule has 0 radical (unpaired) electrons. The van der Waals surface area contributed by atoms with Gasteiger partial charge in [-0.25, -0.2) is 4.39 Å². The van der Waals surface area contributed by atoms with Crippen LogP contribution in [0.25, 0.3) is 10.9 Å². The Labute approximate surface area is 157 Å². The van der Waals surface area contributed by atoms with Gasteiger partial charge in [0.15, 0.2) is 0 Å². The Morgan fingerprint density at radius 2 is 1.85 bits per heavy atom. The monoisotopic (exact) mass is 366 g/mol. The van der Waals surface area contributed by atoms with Crippen LogP contribution >= 0.6 is 0 Å². The van der Waals surface area contributed by atoms with Gasteiger partial charge in [-0.3, -0.25) is 9.59 Å². The largest absolute Gasteiger partial charge is 0.336 e. The quantitative estimate of drug-likeness (QED) is 0.716. The molecule has 0 aliphatic heterocycles. The van der Waals surface area contributed by atoms with Crippen molar-refractivity contribution in [3.63, 3.8) is 0 Å². The van der Waals surface area contributed by atoms with Crippen molar-refractivity contribution in [3.05, 3.63) is 81.9 Å². The third-order valence-corrected chi connectivity index (χ3v) is 4.63. The van der Waals surface area contributed by atoms with Crippen LogP contribution in [-0.4, -0.2) is 21.8 Å². The van der Waals surface area contributed by atoms with Crippen molar-refractivity contribution in [2.24, 2.45) is 0 Å². The zero-order chi connectivity index (χ0) is 19.4. The molecule has 1 amide bonds. The van der Waals surface area contributed by atoms with Crippen LogP contribution in [0.3, 0.4) is 0 Å². The fourth-order valence-corrected chi connectivity index (χ4v) is 3.13. The summed E-state index contributed by atoms with van der Waals surface area (Å²) in [5, 5.41) is 0.753. The van der Waals surface area contributed by atoms with Crippen molar-refractivity contribution in [2.45, 2.75) is 39.3 Å². The van der Waals surface area contributed by atoms with Gasteiger partial charge in [0.25, 0.3) is 5.56 Å². The SMILES string of the molecule is CC(C)N(Cc1ccccc1)C(=O)CCc1cc2ccc(F)cc2[nH]c1=O. The summed E-state index contributed by atoms with van der Waals surface area (Å²) >= 11 is 0. The van der Waals surface area contributed by atoms with E-state index in [-0.39, 0.29) is 23.9 Å². The molecule has 1 N–H and O–H groups in total. The maximum Gasteiger partial charge on any atom is 0.251 e. The van der Waals surface area contributed by atoms with E-state index in [0.717, 1.165) is 10.9 Å². The molecule has 0 unspecified atom stereocenters. The summed E-state index contributed by atoms with van der Waals surface area (Å²) in [7, 11) is 0. The fraction of sp³-hybridized carbons (Fsp3) is 0.273. The van der Waals surface area contributed by atoms with Gasteiger partial charge in [-0.1, -0.05) is 30.3 Å². The first-order valence-corrected chi connectivity index (χ1v) is 9.09. The first-order chi connectivity index (χ1) is 12.9. The number of nitrogens with one attached hydrogen (secondary N) is 1. The normalized spacial score (nSPS) is 11.1. The lowest BCUT2D eigenvalue weighted by Crippen LogP contribution is -2.36. The van der Waals surface area contributed by atoms with E-state index in [9.17, 15) is 14.0 Å². The van der Waals surface area contributed by atoms with Crippen LogP contribution in [0.4, 0.5) is 4.39 Å². The maximum absolute atomic E-state index is 13.3. The van der Waals surface area contributed by atoms with E-state index in [1.54, 1.807) is 12.1 Å². The standard InChI is InChI=1S/C22H23FN2O2/c1-15(2)25(14-16-6-4-3-5-7-16)21(26)11-9-18-12-17-8-10-19(23)13-20(17)24-22(18)27/h3-8,10,12-13,15H,9,11,14H2,1-2H3,(H,24,27). The Morgan fingerprint density at radius 3 is 2.56 bits per heavy atom. The molecular weight excluding hydrogens is 343 g/mol. The second kappa shape index (κ2) is 8.16. The van der Waals surface area contributed by atoms with E-state index in [1.807, 2.05) is 49.1 Å². The lowest BCUT2D eigenvalue weighted by atomic mass is 10.1. The molecule has 0 spiro atoms. The molecule has 3 aromatic rings. The van der Waals surface area contributed by atoms with Crippen LogP contribution in [0.2, 0.25) is 0 Å². The first kappa shape index (κ1) is 18.8. The predicted octanol–water partition coefficient (Wildman–Crippen LogP) is 4.04. The summed E-state index contributed by atoms with van der Waals surface area (Å²) in [5.41, 5.74) is 1.79. The smallest absolute Gasteiger partial charge is 0.251 e. The number of H-pyrrole nitrogens is 1. The third-order valence-electron chi connectivity index (χ3n) is 4.63. The molecule has 4 nitrogen and oxygen atoms in total. The molecule has 0 aliphatic rings. The zero-order valence-corrected chi connectivity index (χ0v) is 15.5. The van der Waals surface area contributed by atoms with E-state index < -0.39 is 5.82 Å². The number of pyridine rings is 1. The number of aromatic nitrogens is 1. The first-order valence-electron chi connectivity index (χ1n) is 9.09. The molecule has 0 saturated heterocycles. The van der Waals surface area contributed by atoms with Crippen LogP contribution in [0.5, 0.6) is 0 Å². The Bertz CT molecular complexity index is 996. The summed E-state index contributed by atoms with van der Waals surface area (Å²) < 4.78 is 13.3. The van der Waals surface area contributed by atoms with Crippen molar-refractivity contribution in [3.8, 4) is 0 Å². The molecular formula is C22H23FN2O2. The van der Waals surface area contributed by atoms with E-state index in [1.165, 1.54) is 12.1 Å². The van der Waals surface area contributed by atoms with Crippen molar-refractivity contribution < 1.29 is 9.18 Å². The maximum atomic E-state index is 13.3. The number of carbonyl (C=O) groups is 1. The van der Waals surface area contributed by atoms with Crippen molar-refractivity contribution in [2.75, 3.05) is 0 Å². The lowest BCUT2D eigenvalue weighted by Gasteiger charge is -2.27. The van der Waals surface area contributed by atoms with Gasteiger partial charge in [-0.2, -0.15) is 0 Å². The number of aryl methyl sites for hydroxylation is 1. The molecule has 0 fully saturated rings. The number of halogens is 1. The van der Waals surface area contributed by atoms with E-state index in [4.69, 9.17) is 0 Å². The highest BCUT2D eigenvalue weighted by molar-refractivity contribution is 5.79. The molecule has 0 bridgehead atoms. The second-order valence-corrected chi connectivity index (χ2v) is 6.96. The van der Waals surface area contributed by atoms with Crippen LogP contribution in [-0.2, 0) is 17.8 Å². The Kier molecular flexibility index (Phi) is 5.69. The molecule has 0 saturated carbocycles. The molecule has 0 aliphatic carbocycles.